The number of nitrogens with zero attached hydrogens (tertiary/aromatic N) is 4. The fraction of sp³-hybridized carbons (Fsp3) is 0.235. The Morgan fingerprint density at radius 1 is 1.29 bits per heavy atom. The van der Waals surface area contributed by atoms with Crippen molar-refractivity contribution < 1.29 is 9.18 Å². The first-order valence-electron chi connectivity index (χ1n) is 7.82. The molecule has 0 atom stereocenters. The monoisotopic (exact) mass is 325 g/mol. The van der Waals surface area contributed by atoms with E-state index in [1.165, 1.54) is 16.8 Å². The summed E-state index contributed by atoms with van der Waals surface area (Å²) >= 11 is 0. The van der Waals surface area contributed by atoms with Gasteiger partial charge in [-0.2, -0.15) is 0 Å². The summed E-state index contributed by atoms with van der Waals surface area (Å²) in [6.07, 6.45) is 7.68. The molecule has 122 valence electrons. The van der Waals surface area contributed by atoms with Gasteiger partial charge in [-0.05, 0) is 43.2 Å². The maximum atomic E-state index is 13.6. The van der Waals surface area contributed by atoms with Crippen LogP contribution in [0.1, 0.15) is 24.5 Å². The van der Waals surface area contributed by atoms with Gasteiger partial charge in [-0.1, -0.05) is 5.21 Å². The number of aromatic nitrogens is 4. The van der Waals surface area contributed by atoms with Crippen molar-refractivity contribution in [1.82, 2.24) is 19.6 Å². The molecular formula is C17H16FN5O. The molecule has 0 unspecified atom stereocenters. The quantitative estimate of drug-likeness (QED) is 0.784. The van der Waals surface area contributed by atoms with Crippen LogP contribution in [0.4, 0.5) is 10.1 Å². The normalized spacial score (nSPS) is 13.9. The van der Waals surface area contributed by atoms with Crippen molar-refractivity contribution in [1.29, 1.82) is 0 Å². The molecule has 4 rings (SSSR count). The number of carbonyl (C=O) groups is 1. The van der Waals surface area contributed by atoms with E-state index in [0.29, 0.717) is 17.3 Å². The van der Waals surface area contributed by atoms with Gasteiger partial charge in [-0.15, -0.1) is 5.10 Å². The molecular weight excluding hydrogens is 309 g/mol. The Labute approximate surface area is 137 Å². The Hall–Kier alpha value is -2.96. The van der Waals surface area contributed by atoms with Crippen molar-refractivity contribution in [2.75, 3.05) is 5.32 Å². The smallest absolute Gasteiger partial charge is 0.246 e. The number of carbonyl (C=O) groups excluding carboxylic acids is 1. The van der Waals surface area contributed by atoms with Crippen LogP contribution >= 0.6 is 0 Å². The van der Waals surface area contributed by atoms with Crippen molar-refractivity contribution in [3.8, 4) is 5.69 Å². The topological polar surface area (TPSA) is 64.7 Å². The Morgan fingerprint density at radius 2 is 2.08 bits per heavy atom. The highest BCUT2D eigenvalue weighted by atomic mass is 19.1. The summed E-state index contributed by atoms with van der Waals surface area (Å²) in [6.45, 7) is 0.0716. The van der Waals surface area contributed by atoms with Crippen molar-refractivity contribution in [3.63, 3.8) is 0 Å². The molecule has 1 saturated carbocycles. The van der Waals surface area contributed by atoms with Crippen LogP contribution in [0.15, 0.2) is 48.9 Å². The number of nitrogens with one attached hydrogen (secondary N) is 1. The molecule has 0 spiro atoms. The van der Waals surface area contributed by atoms with E-state index in [0.717, 1.165) is 18.5 Å². The van der Waals surface area contributed by atoms with Crippen molar-refractivity contribution in [2.45, 2.75) is 25.3 Å². The fourth-order valence-electron chi connectivity index (χ4n) is 2.61. The lowest BCUT2D eigenvalue weighted by atomic mass is 10.2. The summed E-state index contributed by atoms with van der Waals surface area (Å²) in [6, 6.07) is 7.94. The molecule has 1 N–H and O–H groups in total. The van der Waals surface area contributed by atoms with E-state index in [-0.39, 0.29) is 18.3 Å². The van der Waals surface area contributed by atoms with Gasteiger partial charge >= 0.3 is 0 Å². The van der Waals surface area contributed by atoms with Crippen LogP contribution in [0.25, 0.3) is 5.69 Å². The maximum absolute atomic E-state index is 13.6. The molecule has 1 aromatic carbocycles. The van der Waals surface area contributed by atoms with E-state index in [2.05, 4.69) is 15.6 Å². The Bertz CT molecular complexity index is 867. The molecule has 0 bridgehead atoms. The highest BCUT2D eigenvalue weighted by Crippen LogP contribution is 2.38. The molecule has 1 amide bonds. The van der Waals surface area contributed by atoms with Gasteiger partial charge in [-0.25, -0.2) is 9.07 Å². The third-order valence-electron chi connectivity index (χ3n) is 3.97. The van der Waals surface area contributed by atoms with Gasteiger partial charge in [0.05, 0.1) is 17.1 Å². The van der Waals surface area contributed by atoms with Gasteiger partial charge < -0.3 is 9.88 Å². The zero-order valence-corrected chi connectivity index (χ0v) is 12.9. The number of hydrogen-bond acceptors (Lipinski definition) is 3. The Balaban J connectivity index is 1.50. The minimum Gasteiger partial charge on any atom is -0.323 e. The second kappa shape index (κ2) is 5.92. The van der Waals surface area contributed by atoms with Crippen molar-refractivity contribution >= 4 is 11.6 Å². The first-order chi connectivity index (χ1) is 11.7. The molecule has 0 radical (unpaired) electrons. The van der Waals surface area contributed by atoms with E-state index in [9.17, 15) is 9.18 Å². The SMILES string of the molecule is O=C(Cn1cc(C2CC2)nn1)Nc1ccc(F)cc1-n1cccc1. The van der Waals surface area contributed by atoms with Gasteiger partial charge in [0.2, 0.25) is 5.91 Å². The summed E-state index contributed by atoms with van der Waals surface area (Å²) < 4.78 is 16.8. The van der Waals surface area contributed by atoms with E-state index >= 15 is 0 Å². The zero-order chi connectivity index (χ0) is 16.5. The average molecular weight is 325 g/mol. The van der Waals surface area contributed by atoms with Gasteiger partial charge in [0, 0.05) is 24.5 Å². The molecule has 2 heterocycles. The molecule has 0 aliphatic heterocycles. The summed E-state index contributed by atoms with van der Waals surface area (Å²) in [5, 5.41) is 10.9. The van der Waals surface area contributed by atoms with Gasteiger partial charge in [0.1, 0.15) is 12.4 Å². The number of rotatable bonds is 5. The standard InChI is InChI=1S/C17H16FN5O/c18-13-5-6-14(16(9-13)22-7-1-2-8-22)19-17(24)11-23-10-15(20-21-23)12-3-4-12/h1-2,5-10,12H,3-4,11H2,(H,19,24). The van der Waals surface area contributed by atoms with Gasteiger partial charge in [0.15, 0.2) is 0 Å². The van der Waals surface area contributed by atoms with Crippen LogP contribution < -0.4 is 5.32 Å². The Morgan fingerprint density at radius 3 is 2.83 bits per heavy atom. The number of hydrogen-bond donors (Lipinski definition) is 1. The number of benzene rings is 1. The van der Waals surface area contributed by atoms with E-state index in [4.69, 9.17) is 0 Å². The second-order valence-corrected chi connectivity index (χ2v) is 5.92. The number of halogens is 1. The summed E-state index contributed by atoms with van der Waals surface area (Å²) in [4.78, 5) is 12.3. The minimum absolute atomic E-state index is 0.0716. The van der Waals surface area contributed by atoms with Gasteiger partial charge in [-0.3, -0.25) is 4.79 Å². The van der Waals surface area contributed by atoms with Crippen LogP contribution in [0.2, 0.25) is 0 Å². The third-order valence-corrected chi connectivity index (χ3v) is 3.97. The average Bonchev–Trinajstić information content (AvgIpc) is 3.08. The Kier molecular flexibility index (Phi) is 3.60. The summed E-state index contributed by atoms with van der Waals surface area (Å²) in [7, 11) is 0. The maximum Gasteiger partial charge on any atom is 0.246 e. The summed E-state index contributed by atoms with van der Waals surface area (Å²) in [5.74, 6) is -0.0939. The van der Waals surface area contributed by atoms with Crippen molar-refractivity contribution in [3.05, 3.63) is 60.4 Å². The summed E-state index contributed by atoms with van der Waals surface area (Å²) in [5.41, 5.74) is 2.06. The molecule has 6 nitrogen and oxygen atoms in total. The molecule has 1 aliphatic carbocycles. The van der Waals surface area contributed by atoms with Crippen LogP contribution in [0.3, 0.4) is 0 Å². The fourth-order valence-corrected chi connectivity index (χ4v) is 2.61. The molecule has 1 aliphatic rings. The first-order valence-corrected chi connectivity index (χ1v) is 7.82. The molecule has 3 aromatic rings. The highest BCUT2D eigenvalue weighted by molar-refractivity contribution is 5.92. The molecule has 2 aromatic heterocycles. The molecule has 0 saturated heterocycles. The molecule has 1 fully saturated rings. The van der Waals surface area contributed by atoms with E-state index in [1.807, 2.05) is 18.3 Å². The minimum atomic E-state index is -0.359. The van der Waals surface area contributed by atoms with E-state index < -0.39 is 0 Å². The predicted octanol–water partition coefficient (Wildman–Crippen LogP) is 2.72. The lowest BCUT2D eigenvalue weighted by molar-refractivity contribution is -0.116. The number of amides is 1. The zero-order valence-electron chi connectivity index (χ0n) is 12.9. The van der Waals surface area contributed by atoms with Crippen LogP contribution in [-0.2, 0) is 11.3 Å². The van der Waals surface area contributed by atoms with Gasteiger partial charge in [0.25, 0.3) is 0 Å². The lowest BCUT2D eigenvalue weighted by Gasteiger charge is -2.12. The third kappa shape index (κ3) is 3.05. The van der Waals surface area contributed by atoms with Crippen LogP contribution in [0.5, 0.6) is 0 Å². The largest absolute Gasteiger partial charge is 0.323 e. The number of anilines is 1. The molecule has 24 heavy (non-hydrogen) atoms. The lowest BCUT2D eigenvalue weighted by Crippen LogP contribution is -2.20. The van der Waals surface area contributed by atoms with E-state index in [1.54, 1.807) is 23.0 Å². The second-order valence-electron chi connectivity index (χ2n) is 5.92. The van der Waals surface area contributed by atoms with Crippen LogP contribution in [0, 0.1) is 5.82 Å². The van der Waals surface area contributed by atoms with Crippen molar-refractivity contribution in [2.24, 2.45) is 0 Å². The predicted molar refractivity (Wildman–Crippen MR) is 86.4 cm³/mol. The highest BCUT2D eigenvalue weighted by Gasteiger charge is 2.26. The molecule has 7 heteroatoms. The van der Waals surface area contributed by atoms with Crippen LogP contribution in [-0.4, -0.2) is 25.5 Å². The first kappa shape index (κ1) is 14.6.